The molecule has 0 bridgehead atoms. The third-order valence-electron chi connectivity index (χ3n) is 0.357. The number of carbonyl (C=O) groups is 1. The van der Waals surface area contributed by atoms with Crippen molar-refractivity contribution in [3.05, 3.63) is 0 Å². The van der Waals surface area contributed by atoms with Crippen LogP contribution in [0.25, 0.3) is 0 Å². The standard InChI is InChI=1S/C3H6O3.Li.H/c1-2(4)3(5)6;;/h2,4H,1H3,(H,5,6);;/q;+1;-1. The van der Waals surface area contributed by atoms with Gasteiger partial charge in [0, 0.05) is 0 Å². The average Bonchev–Trinajstić information content (AvgIpc) is 1.36. The van der Waals surface area contributed by atoms with E-state index in [1.807, 2.05) is 0 Å². The van der Waals surface area contributed by atoms with E-state index in [1.54, 1.807) is 0 Å². The van der Waals surface area contributed by atoms with E-state index in [2.05, 4.69) is 0 Å². The summed E-state index contributed by atoms with van der Waals surface area (Å²) < 4.78 is 0. The number of aliphatic carboxylic acids is 1. The van der Waals surface area contributed by atoms with Crippen LogP contribution in [-0.2, 0) is 4.79 Å². The largest absolute Gasteiger partial charge is 1.00 e. The molecule has 0 heterocycles. The van der Waals surface area contributed by atoms with Crippen LogP contribution < -0.4 is 18.9 Å². The number of rotatable bonds is 1. The molecule has 0 fully saturated rings. The Morgan fingerprint density at radius 3 is 2.00 bits per heavy atom. The Morgan fingerprint density at radius 2 is 2.00 bits per heavy atom. The van der Waals surface area contributed by atoms with Crippen LogP contribution in [0.15, 0.2) is 0 Å². The third-order valence-corrected chi connectivity index (χ3v) is 0.357. The first kappa shape index (κ1) is 10.1. The van der Waals surface area contributed by atoms with Crippen molar-refractivity contribution in [1.29, 1.82) is 0 Å². The minimum Gasteiger partial charge on any atom is -1.00 e. The minimum absolute atomic E-state index is 0. The van der Waals surface area contributed by atoms with Gasteiger partial charge < -0.3 is 11.6 Å². The fourth-order valence-electron chi connectivity index (χ4n) is 0. The molecule has 3 nitrogen and oxygen atoms in total. The van der Waals surface area contributed by atoms with E-state index in [9.17, 15) is 4.79 Å². The maximum Gasteiger partial charge on any atom is 1.00 e. The van der Waals surface area contributed by atoms with E-state index in [0.717, 1.165) is 0 Å². The van der Waals surface area contributed by atoms with Crippen LogP contribution >= 0.6 is 0 Å². The third kappa shape index (κ3) is 6.03. The zero-order valence-electron chi connectivity index (χ0n) is 5.38. The van der Waals surface area contributed by atoms with Crippen molar-refractivity contribution in [2.75, 3.05) is 0 Å². The van der Waals surface area contributed by atoms with Crippen LogP contribution in [0.4, 0.5) is 0 Å². The van der Waals surface area contributed by atoms with Gasteiger partial charge in [0.25, 0.3) is 0 Å². The second-order valence-corrected chi connectivity index (χ2v) is 1.01. The Kier molecular flexibility index (Phi) is 6.05. The van der Waals surface area contributed by atoms with Gasteiger partial charge in [-0.3, -0.25) is 0 Å². The Bertz CT molecular complexity index is 65.5. The van der Waals surface area contributed by atoms with Gasteiger partial charge in [-0.2, -0.15) is 0 Å². The minimum atomic E-state index is -1.23. The molecule has 0 aromatic rings. The fourth-order valence-corrected chi connectivity index (χ4v) is 0. The molecule has 0 aromatic heterocycles. The summed E-state index contributed by atoms with van der Waals surface area (Å²) >= 11 is 0. The van der Waals surface area contributed by atoms with Gasteiger partial charge in [-0.05, 0) is 6.92 Å². The molecule has 0 aliphatic rings. The van der Waals surface area contributed by atoms with Crippen LogP contribution in [-0.4, -0.2) is 22.3 Å². The van der Waals surface area contributed by atoms with Gasteiger partial charge in [-0.1, -0.05) is 0 Å². The van der Waals surface area contributed by atoms with Crippen molar-refractivity contribution in [2.45, 2.75) is 13.0 Å². The second-order valence-electron chi connectivity index (χ2n) is 1.01. The van der Waals surface area contributed by atoms with E-state index in [4.69, 9.17) is 10.2 Å². The Hall–Kier alpha value is 0.0274. The molecule has 38 valence electrons. The monoisotopic (exact) mass is 98.1 g/mol. The molecule has 0 aliphatic carbocycles. The molecule has 0 aromatic carbocycles. The van der Waals surface area contributed by atoms with Crippen LogP contribution in [0.1, 0.15) is 8.35 Å². The molecule has 7 heavy (non-hydrogen) atoms. The normalized spacial score (nSPS) is 11.7. The van der Waals surface area contributed by atoms with Gasteiger partial charge in [-0.25, -0.2) is 4.79 Å². The van der Waals surface area contributed by atoms with E-state index < -0.39 is 12.1 Å². The van der Waals surface area contributed by atoms with Crippen molar-refractivity contribution >= 4 is 5.97 Å². The predicted molar refractivity (Wildman–Crippen MR) is 20.4 cm³/mol. The SMILES string of the molecule is CC(O)C(=O)O.[H-].[Li+]. The molecule has 0 spiro atoms. The van der Waals surface area contributed by atoms with Gasteiger partial charge in [0.2, 0.25) is 0 Å². The van der Waals surface area contributed by atoms with Crippen molar-refractivity contribution in [3.63, 3.8) is 0 Å². The molecule has 2 N–H and O–H groups in total. The van der Waals surface area contributed by atoms with Gasteiger partial charge in [0.15, 0.2) is 0 Å². The molecule has 4 heteroatoms. The summed E-state index contributed by atoms with van der Waals surface area (Å²) in [6, 6.07) is 0. The number of hydrogen-bond donors (Lipinski definition) is 2. The Balaban J connectivity index is -0.000000125. The van der Waals surface area contributed by atoms with E-state index in [-0.39, 0.29) is 20.3 Å². The van der Waals surface area contributed by atoms with Crippen molar-refractivity contribution in [1.82, 2.24) is 0 Å². The van der Waals surface area contributed by atoms with Crippen LogP contribution in [0.5, 0.6) is 0 Å². The van der Waals surface area contributed by atoms with Gasteiger partial charge in [-0.15, -0.1) is 0 Å². The molecule has 1 unspecified atom stereocenters. The smallest absolute Gasteiger partial charge is 1.00 e. The number of carboxylic acid groups (broad SMARTS) is 1. The fraction of sp³-hybridized carbons (Fsp3) is 0.667. The van der Waals surface area contributed by atoms with Crippen molar-refractivity contribution in [3.8, 4) is 0 Å². The van der Waals surface area contributed by atoms with Gasteiger partial charge >= 0.3 is 24.8 Å². The summed E-state index contributed by atoms with van der Waals surface area (Å²) in [5.41, 5.74) is 0. The Morgan fingerprint density at radius 1 is 1.86 bits per heavy atom. The summed E-state index contributed by atoms with van der Waals surface area (Å²) in [5.74, 6) is -1.19. The number of hydrogen-bond acceptors (Lipinski definition) is 2. The molecule has 0 radical (unpaired) electrons. The quantitative estimate of drug-likeness (QED) is 0.335. The van der Waals surface area contributed by atoms with Crippen LogP contribution in [0.2, 0.25) is 0 Å². The second kappa shape index (κ2) is 4.19. The molecule has 0 amide bonds. The maximum absolute atomic E-state index is 9.45. The van der Waals surface area contributed by atoms with Crippen LogP contribution in [0.3, 0.4) is 0 Å². The summed E-state index contributed by atoms with van der Waals surface area (Å²) in [4.78, 5) is 9.45. The summed E-state index contributed by atoms with van der Waals surface area (Å²) in [5, 5.41) is 15.8. The van der Waals surface area contributed by atoms with E-state index in [0.29, 0.717) is 0 Å². The van der Waals surface area contributed by atoms with Crippen molar-refractivity contribution in [2.24, 2.45) is 0 Å². The Labute approximate surface area is 55.0 Å². The van der Waals surface area contributed by atoms with E-state index in [1.165, 1.54) is 6.92 Å². The summed E-state index contributed by atoms with van der Waals surface area (Å²) in [7, 11) is 0. The zero-order valence-corrected chi connectivity index (χ0v) is 4.38. The summed E-state index contributed by atoms with van der Waals surface area (Å²) in [6.07, 6.45) is -1.23. The first-order valence-corrected chi connectivity index (χ1v) is 1.55. The van der Waals surface area contributed by atoms with Gasteiger partial charge in [0.1, 0.15) is 6.10 Å². The molecule has 0 saturated heterocycles. The van der Waals surface area contributed by atoms with Crippen LogP contribution in [0, 0.1) is 0 Å². The topological polar surface area (TPSA) is 57.5 Å². The number of carboxylic acids is 1. The first-order chi connectivity index (χ1) is 2.64. The average molecular weight is 98.0 g/mol. The molecular weight excluding hydrogens is 91.0 g/mol. The molecule has 0 aliphatic heterocycles. The molecule has 0 rings (SSSR count). The number of aliphatic hydroxyl groups excluding tert-OH is 1. The molecule has 1 atom stereocenters. The van der Waals surface area contributed by atoms with Gasteiger partial charge in [0.05, 0.1) is 0 Å². The van der Waals surface area contributed by atoms with E-state index >= 15 is 0 Å². The molecule has 0 saturated carbocycles. The zero-order chi connectivity index (χ0) is 5.15. The molecular formula is C3H7LiO3. The predicted octanol–water partition coefficient (Wildman–Crippen LogP) is -3.43. The first-order valence-electron chi connectivity index (χ1n) is 1.55. The number of aliphatic hydroxyl groups is 1. The summed E-state index contributed by atoms with van der Waals surface area (Å²) in [6.45, 7) is 1.20. The van der Waals surface area contributed by atoms with Crippen molar-refractivity contribution < 1.29 is 35.3 Å². The maximum atomic E-state index is 9.45.